The monoisotopic (exact) mass is 717 g/mol. The number of amides is 1. The number of likely N-dealkylation sites (tertiary alicyclic amines) is 1. The molecule has 3 unspecified atom stereocenters. The van der Waals surface area contributed by atoms with Gasteiger partial charge in [-0.25, -0.2) is 18.2 Å². The second-order valence-corrected chi connectivity index (χ2v) is 14.6. The molecule has 0 spiro atoms. The SMILES string of the molecule is C=CC(=O)N1CCC(N(c2nc(OCC34CCCN3CC(F)C4)nc3c(F)c(-c4ccc(F)c5sc(N)nc45)c(C(F)(F)F)cc23)C2CC2)C1. The summed E-state index contributed by atoms with van der Waals surface area (Å²) in [7, 11) is 0. The topological polar surface area (TPSA) is 101 Å². The molecular weight excluding hydrogens is 684 g/mol. The number of alkyl halides is 4. The van der Waals surface area contributed by atoms with Gasteiger partial charge in [-0.1, -0.05) is 17.9 Å². The Morgan fingerprint density at radius 2 is 1.92 bits per heavy atom. The van der Waals surface area contributed by atoms with Crippen molar-refractivity contribution in [3.63, 3.8) is 0 Å². The van der Waals surface area contributed by atoms with Crippen molar-refractivity contribution >= 4 is 49.3 Å². The van der Waals surface area contributed by atoms with Gasteiger partial charge in [-0.05, 0) is 62.9 Å². The van der Waals surface area contributed by atoms with Crippen molar-refractivity contribution in [3.8, 4) is 17.1 Å². The maximum Gasteiger partial charge on any atom is 0.417 e. The molecule has 1 aliphatic carbocycles. The molecule has 4 aromatic rings. The van der Waals surface area contributed by atoms with Gasteiger partial charge in [-0.3, -0.25) is 9.69 Å². The van der Waals surface area contributed by atoms with Crippen LogP contribution in [0.1, 0.15) is 44.1 Å². The third kappa shape index (κ3) is 5.50. The number of fused-ring (bicyclic) bond motifs is 3. The standard InChI is InChI=1S/C34H33F6N7O2S/c1-2-24(48)45-11-8-19(15-45)47(18-4-5-18)30-21-12-22(34(38,39)40)25(20-6-7-23(36)29-28(20)42-31(41)50-29)26(37)27(21)43-32(44-30)49-16-33-9-3-10-46(33)14-17(35)13-33/h2,6-7,12,17-19H,1,3-5,8-11,13-16H2,(H2,41,42). The third-order valence-corrected chi connectivity index (χ3v) is 11.3. The van der Waals surface area contributed by atoms with Crippen LogP contribution in [0.4, 0.5) is 37.3 Å². The number of nitrogens with two attached hydrogens (primary N) is 1. The third-order valence-electron chi connectivity index (χ3n) is 10.4. The number of anilines is 2. The van der Waals surface area contributed by atoms with Gasteiger partial charge in [-0.15, -0.1) is 0 Å². The van der Waals surface area contributed by atoms with Crippen molar-refractivity contribution in [2.75, 3.05) is 43.4 Å². The van der Waals surface area contributed by atoms with E-state index in [-0.39, 0.29) is 82.2 Å². The van der Waals surface area contributed by atoms with Gasteiger partial charge in [0.15, 0.2) is 10.9 Å². The molecule has 3 saturated heterocycles. The molecular formula is C34H33F6N7O2S. The summed E-state index contributed by atoms with van der Waals surface area (Å²) < 4.78 is 97.4. The van der Waals surface area contributed by atoms with Gasteiger partial charge in [0.05, 0.1) is 27.4 Å². The van der Waals surface area contributed by atoms with E-state index < -0.39 is 46.2 Å². The lowest BCUT2D eigenvalue weighted by atomic mass is 9.94. The Morgan fingerprint density at radius 3 is 2.66 bits per heavy atom. The second kappa shape index (κ2) is 12.0. The van der Waals surface area contributed by atoms with Gasteiger partial charge >= 0.3 is 12.2 Å². The quantitative estimate of drug-likeness (QED) is 0.163. The van der Waals surface area contributed by atoms with Crippen LogP contribution in [0.3, 0.4) is 0 Å². The van der Waals surface area contributed by atoms with Crippen LogP contribution < -0.4 is 15.4 Å². The first-order valence-corrected chi connectivity index (χ1v) is 17.4. The molecule has 264 valence electrons. The first-order chi connectivity index (χ1) is 23.9. The normalized spacial score (nSPS) is 24.0. The van der Waals surface area contributed by atoms with E-state index in [1.807, 2.05) is 9.80 Å². The van der Waals surface area contributed by atoms with Crippen molar-refractivity contribution in [3.05, 3.63) is 48.1 Å². The van der Waals surface area contributed by atoms with Gasteiger partial charge in [0.25, 0.3) is 0 Å². The number of thiazole rings is 1. The van der Waals surface area contributed by atoms with E-state index in [1.165, 1.54) is 6.08 Å². The second-order valence-electron chi connectivity index (χ2n) is 13.6. The first kappa shape index (κ1) is 33.0. The summed E-state index contributed by atoms with van der Waals surface area (Å²) >= 11 is 0.744. The molecule has 1 amide bonds. The van der Waals surface area contributed by atoms with Crippen LogP contribution in [-0.2, 0) is 11.0 Å². The van der Waals surface area contributed by atoms with Crippen LogP contribution in [0.5, 0.6) is 6.01 Å². The van der Waals surface area contributed by atoms with Gasteiger partial charge < -0.3 is 20.3 Å². The molecule has 4 aliphatic rings. The zero-order valence-corrected chi connectivity index (χ0v) is 27.6. The summed E-state index contributed by atoms with van der Waals surface area (Å²) in [6, 6.07) is 2.12. The van der Waals surface area contributed by atoms with Crippen LogP contribution in [-0.4, -0.2) is 87.2 Å². The number of hydrogen-bond acceptors (Lipinski definition) is 9. The van der Waals surface area contributed by atoms with Gasteiger partial charge in [0.1, 0.15) is 29.9 Å². The Bertz CT molecular complexity index is 2040. The van der Waals surface area contributed by atoms with Crippen LogP contribution in [0.15, 0.2) is 30.9 Å². The molecule has 2 N–H and O–H groups in total. The molecule has 4 fully saturated rings. The summed E-state index contributed by atoms with van der Waals surface area (Å²) in [5.41, 5.74) is 2.13. The highest BCUT2D eigenvalue weighted by molar-refractivity contribution is 7.22. The van der Waals surface area contributed by atoms with Gasteiger partial charge in [0.2, 0.25) is 5.91 Å². The molecule has 1 saturated carbocycles. The number of benzene rings is 2. The minimum atomic E-state index is -5.06. The predicted octanol–water partition coefficient (Wildman–Crippen LogP) is 6.50. The Labute approximate surface area is 286 Å². The minimum Gasteiger partial charge on any atom is -0.461 e. The van der Waals surface area contributed by atoms with Crippen LogP contribution in [0, 0.1) is 11.6 Å². The first-order valence-electron chi connectivity index (χ1n) is 16.5. The van der Waals surface area contributed by atoms with Crippen molar-refractivity contribution in [1.29, 1.82) is 0 Å². The average Bonchev–Trinajstić information content (AvgIpc) is 3.33. The molecule has 3 atom stereocenters. The number of hydrogen-bond donors (Lipinski definition) is 1. The number of carbonyl (C=O) groups is 1. The van der Waals surface area contributed by atoms with E-state index in [1.54, 1.807) is 4.90 Å². The fourth-order valence-corrected chi connectivity index (χ4v) is 8.84. The molecule has 0 radical (unpaired) electrons. The summed E-state index contributed by atoms with van der Waals surface area (Å²) in [5.74, 6) is -2.28. The van der Waals surface area contributed by atoms with Crippen molar-refractivity contribution in [2.45, 2.75) is 68.5 Å². The summed E-state index contributed by atoms with van der Waals surface area (Å²) in [6.07, 6.45) is -1.16. The fourth-order valence-electron chi connectivity index (χ4n) is 8.08. The molecule has 50 heavy (non-hydrogen) atoms. The van der Waals surface area contributed by atoms with Gasteiger partial charge in [0, 0.05) is 48.6 Å². The van der Waals surface area contributed by atoms with Crippen molar-refractivity contribution in [2.24, 2.45) is 0 Å². The summed E-state index contributed by atoms with van der Waals surface area (Å²) in [6.45, 7) is 5.22. The lowest BCUT2D eigenvalue weighted by molar-refractivity contribution is -0.137. The highest BCUT2D eigenvalue weighted by Crippen LogP contribution is 2.48. The van der Waals surface area contributed by atoms with E-state index in [2.05, 4.69) is 21.5 Å². The number of nitrogens with zero attached hydrogens (tertiary/aromatic N) is 6. The predicted molar refractivity (Wildman–Crippen MR) is 177 cm³/mol. The van der Waals surface area contributed by atoms with E-state index >= 15 is 4.39 Å². The Hall–Kier alpha value is -4.18. The number of aromatic nitrogens is 3. The fraction of sp³-hybridized carbons (Fsp3) is 0.471. The number of carbonyl (C=O) groups excluding carboxylic acids is 1. The molecule has 2 aromatic carbocycles. The maximum atomic E-state index is 17.1. The smallest absolute Gasteiger partial charge is 0.417 e. The zero-order valence-electron chi connectivity index (χ0n) is 26.8. The number of rotatable bonds is 8. The maximum absolute atomic E-state index is 17.1. The summed E-state index contributed by atoms with van der Waals surface area (Å²) in [4.78, 5) is 31.1. The lowest BCUT2D eigenvalue weighted by Gasteiger charge is -2.33. The van der Waals surface area contributed by atoms with Crippen molar-refractivity contribution < 1.29 is 35.9 Å². The largest absolute Gasteiger partial charge is 0.461 e. The average molecular weight is 718 g/mol. The Balaban J connectivity index is 1.33. The number of nitrogen functional groups attached to an aromatic ring is 1. The van der Waals surface area contributed by atoms with Crippen LogP contribution in [0.25, 0.3) is 32.2 Å². The number of ether oxygens (including phenoxy) is 1. The summed E-state index contributed by atoms with van der Waals surface area (Å²) in [5, 5.41) is -0.280. The Morgan fingerprint density at radius 1 is 1.12 bits per heavy atom. The molecule has 3 aliphatic heterocycles. The Kier molecular flexibility index (Phi) is 7.89. The van der Waals surface area contributed by atoms with Gasteiger partial charge in [-0.2, -0.15) is 23.1 Å². The van der Waals surface area contributed by atoms with E-state index in [9.17, 15) is 26.7 Å². The molecule has 2 aromatic heterocycles. The molecule has 9 nitrogen and oxygen atoms in total. The highest BCUT2D eigenvalue weighted by atomic mass is 32.1. The lowest BCUT2D eigenvalue weighted by Crippen LogP contribution is -2.43. The minimum absolute atomic E-state index is 0.0125. The van der Waals surface area contributed by atoms with E-state index in [4.69, 9.17) is 10.5 Å². The van der Waals surface area contributed by atoms with E-state index in [0.717, 1.165) is 48.8 Å². The van der Waals surface area contributed by atoms with E-state index in [0.29, 0.717) is 25.9 Å². The molecule has 5 heterocycles. The molecule has 0 bridgehead atoms. The highest BCUT2D eigenvalue weighted by Gasteiger charge is 2.50. The zero-order chi connectivity index (χ0) is 35.1. The van der Waals surface area contributed by atoms with Crippen molar-refractivity contribution in [1.82, 2.24) is 24.8 Å². The molecule has 16 heteroatoms. The number of halogens is 6. The van der Waals surface area contributed by atoms with Crippen LogP contribution in [0.2, 0.25) is 0 Å². The molecule has 8 rings (SSSR count). The van der Waals surface area contributed by atoms with Crippen LogP contribution >= 0.6 is 11.3 Å².